The molecule has 0 aliphatic heterocycles. The minimum Gasteiger partial charge on any atom is -0.396 e. The summed E-state index contributed by atoms with van der Waals surface area (Å²) >= 11 is 0. The maximum Gasteiger partial charge on any atom is 0.0462 e. The van der Waals surface area contributed by atoms with Gasteiger partial charge in [-0.1, -0.05) is 37.1 Å². The Morgan fingerprint density at radius 2 is 1.89 bits per heavy atom. The number of rotatable bonds is 5. The average Bonchev–Trinajstić information content (AvgIpc) is 2.45. The molecule has 106 valence electrons. The van der Waals surface area contributed by atoms with Crippen molar-refractivity contribution in [3.63, 3.8) is 0 Å². The van der Waals surface area contributed by atoms with Crippen LogP contribution in [0.2, 0.25) is 0 Å². The van der Waals surface area contributed by atoms with Crippen LogP contribution in [0, 0.1) is 18.8 Å². The fourth-order valence-corrected chi connectivity index (χ4v) is 3.30. The van der Waals surface area contributed by atoms with Crippen molar-refractivity contribution in [3.05, 3.63) is 35.4 Å². The lowest BCUT2D eigenvalue weighted by molar-refractivity contribution is 0.131. The van der Waals surface area contributed by atoms with Crippen LogP contribution in [0.15, 0.2) is 24.3 Å². The Labute approximate surface area is 117 Å². The molecular weight excluding hydrogens is 234 g/mol. The first-order chi connectivity index (χ1) is 9.22. The molecule has 3 unspecified atom stereocenters. The Kier molecular flexibility index (Phi) is 5.41. The third-order valence-corrected chi connectivity index (χ3v) is 4.64. The molecule has 0 amide bonds. The summed E-state index contributed by atoms with van der Waals surface area (Å²) in [5.41, 5.74) is 2.74. The molecule has 1 aliphatic rings. The number of nitrogens with one attached hydrogen (secondary N) is 1. The smallest absolute Gasteiger partial charge is 0.0462 e. The highest BCUT2D eigenvalue weighted by atomic mass is 16.3. The zero-order valence-corrected chi connectivity index (χ0v) is 12.2. The first-order valence-electron chi connectivity index (χ1n) is 7.62. The van der Waals surface area contributed by atoms with Crippen LogP contribution in [0.5, 0.6) is 0 Å². The molecule has 2 heteroatoms. The van der Waals surface area contributed by atoms with Crippen molar-refractivity contribution in [2.45, 2.75) is 45.6 Å². The molecule has 0 spiro atoms. The molecule has 3 atom stereocenters. The van der Waals surface area contributed by atoms with Crippen molar-refractivity contribution in [1.29, 1.82) is 0 Å². The predicted molar refractivity (Wildman–Crippen MR) is 80.1 cm³/mol. The van der Waals surface area contributed by atoms with Crippen molar-refractivity contribution in [3.8, 4) is 0 Å². The molecular formula is C17H27NO. The lowest BCUT2D eigenvalue weighted by atomic mass is 9.79. The summed E-state index contributed by atoms with van der Waals surface area (Å²) in [6.07, 6.45) is 5.07. The number of benzene rings is 1. The van der Waals surface area contributed by atoms with E-state index >= 15 is 0 Å². The monoisotopic (exact) mass is 261 g/mol. The summed E-state index contributed by atoms with van der Waals surface area (Å²) in [4.78, 5) is 0. The summed E-state index contributed by atoms with van der Waals surface area (Å²) in [5, 5.41) is 13.1. The molecule has 1 aromatic rings. The van der Waals surface area contributed by atoms with Gasteiger partial charge < -0.3 is 10.4 Å². The van der Waals surface area contributed by atoms with E-state index in [-0.39, 0.29) is 0 Å². The van der Waals surface area contributed by atoms with Crippen molar-refractivity contribution < 1.29 is 5.11 Å². The SMILES string of the molecule is Cc1ccccc1C(C)NCC1CCCCC1CO. The molecule has 2 rings (SSSR count). The van der Waals surface area contributed by atoms with Gasteiger partial charge >= 0.3 is 0 Å². The first kappa shape index (κ1) is 14.5. The highest BCUT2D eigenvalue weighted by Gasteiger charge is 2.24. The summed E-state index contributed by atoms with van der Waals surface area (Å²) in [6.45, 7) is 5.79. The summed E-state index contributed by atoms with van der Waals surface area (Å²) in [5.74, 6) is 1.15. The topological polar surface area (TPSA) is 32.3 Å². The van der Waals surface area contributed by atoms with E-state index in [2.05, 4.69) is 43.4 Å². The molecule has 0 aromatic heterocycles. The van der Waals surface area contributed by atoms with Crippen molar-refractivity contribution in [1.82, 2.24) is 5.32 Å². The molecule has 1 saturated carbocycles. The molecule has 0 heterocycles. The molecule has 0 saturated heterocycles. The van der Waals surface area contributed by atoms with E-state index in [1.54, 1.807) is 0 Å². The molecule has 0 bridgehead atoms. The Bertz CT molecular complexity index is 391. The van der Waals surface area contributed by atoms with Gasteiger partial charge in [0.2, 0.25) is 0 Å². The second kappa shape index (κ2) is 7.06. The maximum atomic E-state index is 9.46. The highest BCUT2D eigenvalue weighted by molar-refractivity contribution is 5.28. The van der Waals surface area contributed by atoms with Crippen LogP contribution < -0.4 is 5.32 Å². The Morgan fingerprint density at radius 1 is 1.21 bits per heavy atom. The van der Waals surface area contributed by atoms with Crippen LogP contribution in [0.1, 0.15) is 49.8 Å². The van der Waals surface area contributed by atoms with Crippen LogP contribution >= 0.6 is 0 Å². The molecule has 1 aromatic carbocycles. The van der Waals surface area contributed by atoms with Crippen LogP contribution in [-0.4, -0.2) is 18.3 Å². The quantitative estimate of drug-likeness (QED) is 0.851. The van der Waals surface area contributed by atoms with Crippen LogP contribution in [-0.2, 0) is 0 Å². The minimum atomic E-state index is 0.352. The van der Waals surface area contributed by atoms with E-state index in [1.165, 1.54) is 36.8 Å². The maximum absolute atomic E-state index is 9.46. The first-order valence-corrected chi connectivity index (χ1v) is 7.62. The Hall–Kier alpha value is -0.860. The van der Waals surface area contributed by atoms with Gasteiger partial charge in [0, 0.05) is 12.6 Å². The van der Waals surface area contributed by atoms with Crippen LogP contribution in [0.25, 0.3) is 0 Å². The van der Waals surface area contributed by atoms with Gasteiger partial charge in [-0.2, -0.15) is 0 Å². The summed E-state index contributed by atoms with van der Waals surface area (Å²) in [6, 6.07) is 8.97. The van der Waals surface area contributed by atoms with E-state index < -0.39 is 0 Å². The molecule has 1 aliphatic carbocycles. The van der Waals surface area contributed by atoms with Crippen molar-refractivity contribution in [2.24, 2.45) is 11.8 Å². The number of aryl methyl sites for hydroxylation is 1. The van der Waals surface area contributed by atoms with E-state index in [1.807, 2.05) is 0 Å². The zero-order valence-electron chi connectivity index (χ0n) is 12.2. The average molecular weight is 261 g/mol. The fourth-order valence-electron chi connectivity index (χ4n) is 3.30. The number of aliphatic hydroxyl groups is 1. The Morgan fingerprint density at radius 3 is 2.58 bits per heavy atom. The van der Waals surface area contributed by atoms with E-state index in [0.717, 1.165) is 6.54 Å². The predicted octanol–water partition coefficient (Wildman–Crippen LogP) is 3.44. The number of hydrogen-bond donors (Lipinski definition) is 2. The third-order valence-electron chi connectivity index (χ3n) is 4.64. The summed E-state index contributed by atoms with van der Waals surface area (Å²) in [7, 11) is 0. The fraction of sp³-hybridized carbons (Fsp3) is 0.647. The largest absolute Gasteiger partial charge is 0.396 e. The van der Waals surface area contributed by atoms with Crippen molar-refractivity contribution >= 4 is 0 Å². The van der Waals surface area contributed by atoms with Crippen LogP contribution in [0.3, 0.4) is 0 Å². The van der Waals surface area contributed by atoms with Gasteiger partial charge in [0.05, 0.1) is 0 Å². The van der Waals surface area contributed by atoms with E-state index in [4.69, 9.17) is 0 Å². The van der Waals surface area contributed by atoms with Gasteiger partial charge in [0.25, 0.3) is 0 Å². The summed E-state index contributed by atoms with van der Waals surface area (Å²) < 4.78 is 0. The molecule has 1 fully saturated rings. The lowest BCUT2D eigenvalue weighted by Gasteiger charge is -2.31. The zero-order chi connectivity index (χ0) is 13.7. The Balaban J connectivity index is 1.89. The molecule has 2 N–H and O–H groups in total. The minimum absolute atomic E-state index is 0.352. The standard InChI is InChI=1S/C17H27NO/c1-13-7-3-6-10-17(13)14(2)18-11-15-8-4-5-9-16(15)12-19/h3,6-7,10,14-16,18-19H,4-5,8-9,11-12H2,1-2H3. The number of hydrogen-bond acceptors (Lipinski definition) is 2. The lowest BCUT2D eigenvalue weighted by Crippen LogP contribution is -2.33. The second-order valence-corrected chi connectivity index (χ2v) is 5.97. The van der Waals surface area contributed by atoms with E-state index in [0.29, 0.717) is 24.5 Å². The normalized spacial score (nSPS) is 25.2. The highest BCUT2D eigenvalue weighted by Crippen LogP contribution is 2.29. The van der Waals surface area contributed by atoms with Gasteiger partial charge in [-0.25, -0.2) is 0 Å². The van der Waals surface area contributed by atoms with Gasteiger partial charge in [-0.15, -0.1) is 0 Å². The molecule has 0 radical (unpaired) electrons. The van der Waals surface area contributed by atoms with Gasteiger partial charge in [-0.3, -0.25) is 0 Å². The molecule has 2 nitrogen and oxygen atoms in total. The van der Waals surface area contributed by atoms with Gasteiger partial charge in [0.1, 0.15) is 0 Å². The third kappa shape index (κ3) is 3.80. The second-order valence-electron chi connectivity index (χ2n) is 5.97. The van der Waals surface area contributed by atoms with Gasteiger partial charge in [0.15, 0.2) is 0 Å². The number of aliphatic hydroxyl groups excluding tert-OH is 1. The van der Waals surface area contributed by atoms with E-state index in [9.17, 15) is 5.11 Å². The van der Waals surface area contributed by atoms with Crippen molar-refractivity contribution in [2.75, 3.05) is 13.2 Å². The van der Waals surface area contributed by atoms with Crippen LogP contribution in [0.4, 0.5) is 0 Å². The van der Waals surface area contributed by atoms with Gasteiger partial charge in [-0.05, 0) is 56.2 Å². The molecule has 19 heavy (non-hydrogen) atoms.